The van der Waals surface area contributed by atoms with Gasteiger partial charge in [0.2, 0.25) is 0 Å². The Kier molecular flexibility index (Phi) is 6.24. The van der Waals surface area contributed by atoms with E-state index in [1.54, 1.807) is 12.1 Å². The Morgan fingerprint density at radius 1 is 1.17 bits per heavy atom. The predicted molar refractivity (Wildman–Crippen MR) is 84.3 cm³/mol. The maximum Gasteiger partial charge on any atom is 0.191 e. The van der Waals surface area contributed by atoms with Crippen LogP contribution < -0.4 is 5.73 Å². The summed E-state index contributed by atoms with van der Waals surface area (Å²) < 4.78 is 0. The predicted octanol–water partition coefficient (Wildman–Crippen LogP) is 2.31. The zero-order valence-electron chi connectivity index (χ0n) is 10.4. The van der Waals surface area contributed by atoms with Crippen LogP contribution in [0.2, 0.25) is 0 Å². The number of likely N-dealkylation sites (tertiary alicyclic amines) is 1. The molecule has 5 heteroatoms. The Morgan fingerprint density at radius 2 is 1.78 bits per heavy atom. The average Bonchev–Trinajstić information content (AvgIpc) is 2.39. The largest absolute Gasteiger partial charge is 0.508 e. The molecule has 1 heterocycles. The van der Waals surface area contributed by atoms with E-state index in [0.717, 1.165) is 18.7 Å². The lowest BCUT2D eigenvalue weighted by molar-refractivity contribution is 0.338. The fourth-order valence-corrected chi connectivity index (χ4v) is 2.00. The smallest absolute Gasteiger partial charge is 0.191 e. The van der Waals surface area contributed by atoms with Gasteiger partial charge in [-0.25, -0.2) is 4.99 Å². The lowest BCUT2D eigenvalue weighted by Gasteiger charge is -2.27. The number of rotatable bonds is 2. The number of guanidine groups is 1. The highest BCUT2D eigenvalue weighted by Gasteiger charge is 2.11. The summed E-state index contributed by atoms with van der Waals surface area (Å²) in [6.07, 6.45) is 3.70. The molecule has 0 saturated carbocycles. The normalized spacial score (nSPS) is 16.2. The maximum absolute atomic E-state index is 9.17. The molecule has 3 N–H and O–H groups in total. The van der Waals surface area contributed by atoms with Gasteiger partial charge in [-0.05, 0) is 37.0 Å². The minimum Gasteiger partial charge on any atom is -0.508 e. The van der Waals surface area contributed by atoms with Gasteiger partial charge in [0.25, 0.3) is 0 Å². The van der Waals surface area contributed by atoms with E-state index in [1.165, 1.54) is 19.3 Å². The number of phenols is 1. The molecule has 100 valence electrons. The minimum absolute atomic E-state index is 0. The monoisotopic (exact) mass is 361 g/mol. The summed E-state index contributed by atoms with van der Waals surface area (Å²) >= 11 is 0. The van der Waals surface area contributed by atoms with Gasteiger partial charge in [-0.2, -0.15) is 0 Å². The molecule has 0 bridgehead atoms. The van der Waals surface area contributed by atoms with Gasteiger partial charge in [0.15, 0.2) is 5.96 Å². The van der Waals surface area contributed by atoms with Crippen LogP contribution in [0.1, 0.15) is 24.8 Å². The number of benzene rings is 1. The summed E-state index contributed by atoms with van der Waals surface area (Å²) in [5.41, 5.74) is 7.01. The molecule has 18 heavy (non-hydrogen) atoms. The molecule has 0 amide bonds. The summed E-state index contributed by atoms with van der Waals surface area (Å²) in [5.74, 6) is 0.916. The first-order valence-corrected chi connectivity index (χ1v) is 6.08. The summed E-state index contributed by atoms with van der Waals surface area (Å²) in [5, 5.41) is 9.17. The van der Waals surface area contributed by atoms with Crippen molar-refractivity contribution in [3.05, 3.63) is 29.8 Å². The van der Waals surface area contributed by atoms with E-state index >= 15 is 0 Å². The van der Waals surface area contributed by atoms with Crippen molar-refractivity contribution in [2.75, 3.05) is 13.1 Å². The van der Waals surface area contributed by atoms with E-state index in [9.17, 15) is 0 Å². The third-order valence-corrected chi connectivity index (χ3v) is 3.04. The lowest BCUT2D eigenvalue weighted by atomic mass is 10.1. The molecule has 0 aliphatic carbocycles. The number of halogens is 1. The molecular weight excluding hydrogens is 341 g/mol. The maximum atomic E-state index is 9.17. The quantitative estimate of drug-likeness (QED) is 0.483. The number of hydrogen-bond donors (Lipinski definition) is 2. The molecule has 0 atom stereocenters. The number of phenolic OH excluding ortho intramolecular Hbond substituents is 1. The molecule has 1 aromatic rings. The van der Waals surface area contributed by atoms with Gasteiger partial charge in [0.05, 0.1) is 6.54 Å². The van der Waals surface area contributed by atoms with E-state index in [2.05, 4.69) is 9.89 Å². The Morgan fingerprint density at radius 3 is 2.39 bits per heavy atom. The third kappa shape index (κ3) is 4.36. The van der Waals surface area contributed by atoms with Crippen molar-refractivity contribution in [3.8, 4) is 5.75 Å². The van der Waals surface area contributed by atoms with E-state index < -0.39 is 0 Å². The van der Waals surface area contributed by atoms with E-state index in [-0.39, 0.29) is 29.7 Å². The van der Waals surface area contributed by atoms with Crippen LogP contribution in [0.25, 0.3) is 0 Å². The first kappa shape index (κ1) is 15.1. The van der Waals surface area contributed by atoms with Crippen molar-refractivity contribution in [3.63, 3.8) is 0 Å². The van der Waals surface area contributed by atoms with E-state index in [1.807, 2.05) is 12.1 Å². The van der Waals surface area contributed by atoms with Gasteiger partial charge >= 0.3 is 0 Å². The molecule has 0 unspecified atom stereocenters. The van der Waals surface area contributed by atoms with Crippen LogP contribution in [0.3, 0.4) is 0 Å². The Hall–Kier alpha value is -0.980. The Balaban J connectivity index is 0.00000162. The van der Waals surface area contributed by atoms with E-state index in [4.69, 9.17) is 10.8 Å². The van der Waals surface area contributed by atoms with Crippen LogP contribution in [0.4, 0.5) is 0 Å². The SMILES string of the molecule is I.NC(=NCc1ccc(O)cc1)N1CCCCC1. The number of aliphatic imine (C=N–C) groups is 1. The zero-order chi connectivity index (χ0) is 12.1. The summed E-state index contributed by atoms with van der Waals surface area (Å²) in [4.78, 5) is 6.53. The summed E-state index contributed by atoms with van der Waals surface area (Å²) in [6.45, 7) is 2.61. The molecule has 2 rings (SSSR count). The standard InChI is InChI=1S/C13H19N3O.HI/c14-13(16-8-2-1-3-9-16)15-10-11-4-6-12(17)7-5-11;/h4-7,17H,1-3,8-10H2,(H2,14,15);1H. The second kappa shape index (κ2) is 7.45. The summed E-state index contributed by atoms with van der Waals surface area (Å²) in [6, 6.07) is 7.06. The van der Waals surface area contributed by atoms with Crippen LogP contribution in [-0.2, 0) is 6.54 Å². The van der Waals surface area contributed by atoms with E-state index in [0.29, 0.717) is 12.5 Å². The van der Waals surface area contributed by atoms with Crippen molar-refractivity contribution in [1.82, 2.24) is 4.90 Å². The van der Waals surface area contributed by atoms with Gasteiger partial charge in [-0.15, -0.1) is 24.0 Å². The molecule has 4 nitrogen and oxygen atoms in total. The highest BCUT2D eigenvalue weighted by Crippen LogP contribution is 2.11. The van der Waals surface area contributed by atoms with Crippen LogP contribution in [-0.4, -0.2) is 29.1 Å². The van der Waals surface area contributed by atoms with Crippen molar-refractivity contribution < 1.29 is 5.11 Å². The van der Waals surface area contributed by atoms with Crippen molar-refractivity contribution >= 4 is 29.9 Å². The van der Waals surface area contributed by atoms with Gasteiger partial charge in [0, 0.05) is 13.1 Å². The van der Waals surface area contributed by atoms with Gasteiger partial charge < -0.3 is 15.7 Å². The first-order chi connectivity index (χ1) is 8.25. The van der Waals surface area contributed by atoms with Crippen LogP contribution in [0.5, 0.6) is 5.75 Å². The molecule has 0 aromatic heterocycles. The van der Waals surface area contributed by atoms with Crippen molar-refractivity contribution in [2.45, 2.75) is 25.8 Å². The first-order valence-electron chi connectivity index (χ1n) is 6.08. The molecule has 1 aliphatic rings. The van der Waals surface area contributed by atoms with Gasteiger partial charge in [0.1, 0.15) is 5.75 Å². The summed E-state index contributed by atoms with van der Waals surface area (Å²) in [7, 11) is 0. The molecule has 0 spiro atoms. The molecular formula is C13H20IN3O. The highest BCUT2D eigenvalue weighted by atomic mass is 127. The number of aromatic hydroxyl groups is 1. The molecule has 1 aromatic carbocycles. The molecule has 1 fully saturated rings. The van der Waals surface area contributed by atoms with Gasteiger partial charge in [-0.3, -0.25) is 0 Å². The molecule has 0 radical (unpaired) electrons. The second-order valence-electron chi connectivity index (χ2n) is 4.39. The molecule has 1 aliphatic heterocycles. The number of nitrogens with two attached hydrogens (primary N) is 1. The van der Waals surface area contributed by atoms with Crippen LogP contribution in [0.15, 0.2) is 29.3 Å². The van der Waals surface area contributed by atoms with Crippen molar-refractivity contribution in [2.24, 2.45) is 10.7 Å². The minimum atomic E-state index is 0. The van der Waals surface area contributed by atoms with Crippen molar-refractivity contribution in [1.29, 1.82) is 0 Å². The topological polar surface area (TPSA) is 61.9 Å². The molecule has 1 saturated heterocycles. The second-order valence-corrected chi connectivity index (χ2v) is 4.39. The Bertz CT molecular complexity index is 386. The highest BCUT2D eigenvalue weighted by molar-refractivity contribution is 14.0. The average molecular weight is 361 g/mol. The number of hydrogen-bond acceptors (Lipinski definition) is 2. The third-order valence-electron chi connectivity index (χ3n) is 3.04. The fraction of sp³-hybridized carbons (Fsp3) is 0.462. The van der Waals surface area contributed by atoms with Crippen LogP contribution in [0, 0.1) is 0 Å². The Labute approximate surface area is 125 Å². The van der Waals surface area contributed by atoms with Crippen LogP contribution >= 0.6 is 24.0 Å². The number of piperidine rings is 1. The fourth-order valence-electron chi connectivity index (χ4n) is 2.00. The zero-order valence-corrected chi connectivity index (χ0v) is 12.7. The number of nitrogens with zero attached hydrogens (tertiary/aromatic N) is 2. The lowest BCUT2D eigenvalue weighted by Crippen LogP contribution is -2.40. The van der Waals surface area contributed by atoms with Gasteiger partial charge in [-0.1, -0.05) is 12.1 Å².